The summed E-state index contributed by atoms with van der Waals surface area (Å²) in [5.41, 5.74) is 0. The van der Waals surface area contributed by atoms with Crippen molar-refractivity contribution >= 4 is 0 Å². The van der Waals surface area contributed by atoms with Crippen LogP contribution in [-0.2, 0) is 4.74 Å². The molecule has 0 aromatic rings. The lowest BCUT2D eigenvalue weighted by molar-refractivity contribution is 0.00605. The average molecular weight is 229 g/mol. The van der Waals surface area contributed by atoms with E-state index in [0.29, 0.717) is 13.2 Å². The van der Waals surface area contributed by atoms with Crippen molar-refractivity contribution in [3.05, 3.63) is 0 Å². The molecule has 1 rings (SSSR count). The van der Waals surface area contributed by atoms with Crippen LogP contribution in [0.1, 0.15) is 40.0 Å². The molecule has 0 heterocycles. The van der Waals surface area contributed by atoms with Crippen molar-refractivity contribution in [1.82, 2.24) is 5.32 Å². The van der Waals surface area contributed by atoms with Crippen molar-refractivity contribution in [3.63, 3.8) is 0 Å². The maximum atomic E-state index is 9.65. The number of hydrogen-bond donors (Lipinski definition) is 2. The molecule has 3 heteroatoms. The fraction of sp³-hybridized carbons (Fsp3) is 1.00. The molecule has 0 aliphatic heterocycles. The summed E-state index contributed by atoms with van der Waals surface area (Å²) < 4.78 is 5.36. The summed E-state index contributed by atoms with van der Waals surface area (Å²) >= 11 is 0. The van der Waals surface area contributed by atoms with Gasteiger partial charge in [0.25, 0.3) is 0 Å². The van der Waals surface area contributed by atoms with Crippen molar-refractivity contribution < 1.29 is 9.84 Å². The number of aliphatic hydroxyl groups is 1. The molecule has 0 spiro atoms. The second-order valence-electron chi connectivity index (χ2n) is 5.36. The standard InChI is InChI=1S/C13H27NO2/c1-10(2)16-9-13(15)8-14-7-12-6-4-5-11(12)3/h10-15H,4-9H2,1-3H3. The van der Waals surface area contributed by atoms with E-state index < -0.39 is 0 Å². The van der Waals surface area contributed by atoms with E-state index in [-0.39, 0.29) is 12.2 Å². The van der Waals surface area contributed by atoms with Crippen molar-refractivity contribution in [3.8, 4) is 0 Å². The van der Waals surface area contributed by atoms with Crippen LogP contribution in [-0.4, -0.2) is 37.0 Å². The molecular weight excluding hydrogens is 202 g/mol. The summed E-state index contributed by atoms with van der Waals surface area (Å²) in [7, 11) is 0. The first-order valence-electron chi connectivity index (χ1n) is 6.60. The van der Waals surface area contributed by atoms with E-state index in [2.05, 4.69) is 12.2 Å². The van der Waals surface area contributed by atoms with Crippen LogP contribution >= 0.6 is 0 Å². The predicted molar refractivity (Wildman–Crippen MR) is 66.5 cm³/mol. The lowest BCUT2D eigenvalue weighted by Gasteiger charge is -2.18. The van der Waals surface area contributed by atoms with Crippen molar-refractivity contribution in [2.24, 2.45) is 11.8 Å². The van der Waals surface area contributed by atoms with E-state index in [9.17, 15) is 5.11 Å². The van der Waals surface area contributed by atoms with Crippen LogP contribution in [0.2, 0.25) is 0 Å². The second kappa shape index (κ2) is 7.25. The van der Waals surface area contributed by atoms with E-state index in [1.807, 2.05) is 13.8 Å². The highest BCUT2D eigenvalue weighted by atomic mass is 16.5. The van der Waals surface area contributed by atoms with Gasteiger partial charge >= 0.3 is 0 Å². The zero-order chi connectivity index (χ0) is 12.0. The molecular formula is C13H27NO2. The molecule has 0 aromatic carbocycles. The predicted octanol–water partition coefficient (Wildman–Crippen LogP) is 1.80. The highest BCUT2D eigenvalue weighted by Crippen LogP contribution is 2.30. The zero-order valence-corrected chi connectivity index (χ0v) is 10.9. The van der Waals surface area contributed by atoms with Crippen molar-refractivity contribution in [2.45, 2.75) is 52.2 Å². The lowest BCUT2D eigenvalue weighted by Crippen LogP contribution is -2.34. The highest BCUT2D eigenvalue weighted by molar-refractivity contribution is 4.76. The largest absolute Gasteiger partial charge is 0.389 e. The molecule has 0 saturated heterocycles. The van der Waals surface area contributed by atoms with Crippen LogP contribution in [0.5, 0.6) is 0 Å². The monoisotopic (exact) mass is 229 g/mol. The van der Waals surface area contributed by atoms with Gasteiger partial charge in [-0.25, -0.2) is 0 Å². The maximum Gasteiger partial charge on any atom is 0.0897 e. The zero-order valence-electron chi connectivity index (χ0n) is 10.9. The van der Waals surface area contributed by atoms with Crippen molar-refractivity contribution in [2.75, 3.05) is 19.7 Å². The Bertz CT molecular complexity index is 185. The first-order valence-corrected chi connectivity index (χ1v) is 6.60. The second-order valence-corrected chi connectivity index (χ2v) is 5.36. The van der Waals surface area contributed by atoms with Gasteiger partial charge in [0.15, 0.2) is 0 Å². The Morgan fingerprint density at radius 2 is 2.12 bits per heavy atom. The molecule has 96 valence electrons. The normalized spacial score (nSPS) is 27.6. The number of hydrogen-bond acceptors (Lipinski definition) is 3. The third-order valence-corrected chi connectivity index (χ3v) is 3.45. The van der Waals surface area contributed by atoms with Gasteiger partial charge in [0.05, 0.1) is 18.8 Å². The van der Waals surface area contributed by atoms with Crippen LogP contribution < -0.4 is 5.32 Å². The summed E-state index contributed by atoms with van der Waals surface area (Å²) in [5, 5.41) is 13.0. The minimum atomic E-state index is -0.376. The van der Waals surface area contributed by atoms with Crippen LogP contribution in [0.25, 0.3) is 0 Å². The summed E-state index contributed by atoms with van der Waals surface area (Å²) in [6.45, 7) is 8.43. The molecule has 1 aliphatic rings. The van der Waals surface area contributed by atoms with Crippen molar-refractivity contribution in [1.29, 1.82) is 0 Å². The molecule has 16 heavy (non-hydrogen) atoms. The van der Waals surface area contributed by atoms with Gasteiger partial charge in [-0.05, 0) is 38.6 Å². The van der Waals surface area contributed by atoms with E-state index >= 15 is 0 Å². The molecule has 0 radical (unpaired) electrons. The molecule has 1 fully saturated rings. The smallest absolute Gasteiger partial charge is 0.0897 e. The Morgan fingerprint density at radius 1 is 1.38 bits per heavy atom. The Morgan fingerprint density at radius 3 is 2.69 bits per heavy atom. The Balaban J connectivity index is 2.01. The van der Waals surface area contributed by atoms with Gasteiger partial charge in [-0.2, -0.15) is 0 Å². The summed E-state index contributed by atoms with van der Waals surface area (Å²) in [6, 6.07) is 0. The molecule has 3 unspecified atom stereocenters. The van der Waals surface area contributed by atoms with Gasteiger partial charge in [0, 0.05) is 6.54 Å². The van der Waals surface area contributed by atoms with Crippen LogP contribution in [0.3, 0.4) is 0 Å². The molecule has 0 amide bonds. The summed E-state index contributed by atoms with van der Waals surface area (Å²) in [6.07, 6.45) is 3.90. The van der Waals surface area contributed by atoms with Gasteiger partial charge in [0.2, 0.25) is 0 Å². The van der Waals surface area contributed by atoms with Gasteiger partial charge < -0.3 is 15.2 Å². The lowest BCUT2D eigenvalue weighted by atomic mass is 9.98. The number of rotatable bonds is 7. The topological polar surface area (TPSA) is 41.5 Å². The summed E-state index contributed by atoms with van der Waals surface area (Å²) in [5.74, 6) is 1.65. The van der Waals surface area contributed by atoms with E-state index in [1.54, 1.807) is 0 Å². The Hall–Kier alpha value is -0.120. The fourth-order valence-electron chi connectivity index (χ4n) is 2.32. The first kappa shape index (κ1) is 13.9. The molecule has 1 saturated carbocycles. The maximum absolute atomic E-state index is 9.65. The quantitative estimate of drug-likeness (QED) is 0.699. The van der Waals surface area contributed by atoms with Gasteiger partial charge in [-0.3, -0.25) is 0 Å². The number of nitrogens with one attached hydrogen (secondary N) is 1. The van der Waals surface area contributed by atoms with Crippen LogP contribution in [0, 0.1) is 11.8 Å². The molecule has 3 nitrogen and oxygen atoms in total. The summed E-state index contributed by atoms with van der Waals surface area (Å²) in [4.78, 5) is 0. The minimum Gasteiger partial charge on any atom is -0.389 e. The molecule has 3 atom stereocenters. The minimum absolute atomic E-state index is 0.199. The van der Waals surface area contributed by atoms with Crippen LogP contribution in [0.15, 0.2) is 0 Å². The molecule has 2 N–H and O–H groups in total. The first-order chi connectivity index (χ1) is 7.59. The van der Waals surface area contributed by atoms with E-state index in [1.165, 1.54) is 19.3 Å². The van der Waals surface area contributed by atoms with Crippen LogP contribution in [0.4, 0.5) is 0 Å². The third-order valence-electron chi connectivity index (χ3n) is 3.45. The van der Waals surface area contributed by atoms with E-state index in [0.717, 1.165) is 18.4 Å². The number of aliphatic hydroxyl groups excluding tert-OH is 1. The third kappa shape index (κ3) is 5.28. The highest BCUT2D eigenvalue weighted by Gasteiger charge is 2.22. The Kier molecular flexibility index (Phi) is 6.32. The van der Waals surface area contributed by atoms with Gasteiger partial charge in [-0.1, -0.05) is 19.8 Å². The fourth-order valence-corrected chi connectivity index (χ4v) is 2.32. The molecule has 0 bridgehead atoms. The van der Waals surface area contributed by atoms with Gasteiger partial charge in [0.1, 0.15) is 0 Å². The molecule has 0 aromatic heterocycles. The van der Waals surface area contributed by atoms with Gasteiger partial charge in [-0.15, -0.1) is 0 Å². The van der Waals surface area contributed by atoms with E-state index in [4.69, 9.17) is 4.74 Å². The molecule has 1 aliphatic carbocycles. The average Bonchev–Trinajstić information content (AvgIpc) is 2.61. The number of ether oxygens (including phenoxy) is 1. The SMILES string of the molecule is CC(C)OCC(O)CNCC1CCCC1C. The Labute approximate surface area is 99.6 Å².